The van der Waals surface area contributed by atoms with E-state index in [9.17, 15) is 22.9 Å². The molecule has 0 spiro atoms. The maximum atomic E-state index is 14.0. The van der Waals surface area contributed by atoms with Crippen LogP contribution >= 0.6 is 0 Å². The van der Waals surface area contributed by atoms with Gasteiger partial charge in [0.25, 0.3) is 0 Å². The summed E-state index contributed by atoms with van der Waals surface area (Å²) >= 11 is 0. The van der Waals surface area contributed by atoms with Crippen LogP contribution in [0.3, 0.4) is 0 Å². The summed E-state index contributed by atoms with van der Waals surface area (Å²) in [5.41, 5.74) is 2.23. The van der Waals surface area contributed by atoms with Crippen molar-refractivity contribution in [2.75, 3.05) is 7.11 Å². The topological polar surface area (TPSA) is 111 Å². The number of hydrogen-bond donors (Lipinski definition) is 2. The maximum Gasteiger partial charge on any atom is 0.315 e. The third-order valence-electron chi connectivity index (χ3n) is 4.08. The van der Waals surface area contributed by atoms with E-state index in [0.717, 1.165) is 36.4 Å². The molecule has 0 aliphatic carbocycles. The normalized spacial score (nSPS) is 13.5. The monoisotopic (exact) mass is 381 g/mol. The average molecular weight is 381 g/mol. The molecular formula is C16H16FN3O5S. The van der Waals surface area contributed by atoms with Gasteiger partial charge in [0.2, 0.25) is 15.8 Å². The van der Waals surface area contributed by atoms with Crippen LogP contribution in [0.1, 0.15) is 16.7 Å². The van der Waals surface area contributed by atoms with E-state index in [4.69, 9.17) is 0 Å². The average Bonchev–Trinajstić information content (AvgIpc) is 3.07. The predicted molar refractivity (Wildman–Crippen MR) is 90.6 cm³/mol. The predicted octanol–water partition coefficient (Wildman–Crippen LogP) is 1.82. The lowest BCUT2D eigenvalue weighted by Crippen LogP contribution is -2.23. The Kier molecular flexibility index (Phi) is 4.90. The van der Waals surface area contributed by atoms with Crippen molar-refractivity contribution < 1.29 is 22.5 Å². The van der Waals surface area contributed by atoms with Crippen LogP contribution in [0.25, 0.3) is 0 Å². The van der Waals surface area contributed by atoms with E-state index in [1.807, 2.05) is 12.1 Å². The van der Waals surface area contributed by atoms with Crippen LogP contribution < -0.4 is 14.8 Å². The zero-order chi connectivity index (χ0) is 18.9. The quantitative estimate of drug-likeness (QED) is 0.583. The highest BCUT2D eigenvalue weighted by atomic mass is 32.2. The van der Waals surface area contributed by atoms with Crippen molar-refractivity contribution in [3.8, 4) is 5.75 Å². The molecule has 138 valence electrons. The van der Waals surface area contributed by atoms with E-state index < -0.39 is 37.1 Å². The fourth-order valence-corrected chi connectivity index (χ4v) is 3.82. The highest BCUT2D eigenvalue weighted by molar-refractivity contribution is 7.89. The number of nitrogens with one attached hydrogen (secondary N) is 2. The highest BCUT2D eigenvalue weighted by Gasteiger charge is 2.26. The first-order chi connectivity index (χ1) is 12.3. The summed E-state index contributed by atoms with van der Waals surface area (Å²) in [5.74, 6) is -1.73. The first-order valence-electron chi connectivity index (χ1n) is 7.65. The SMILES string of the molecule is COc1c(F)cc(S(=O)(=O)NCc2ccc3c(c2)CNC3)cc1[N+](=O)[O-]. The summed E-state index contributed by atoms with van der Waals surface area (Å²) in [6.07, 6.45) is 0. The molecule has 2 aromatic carbocycles. The molecule has 1 aliphatic rings. The number of methoxy groups -OCH3 is 1. The maximum absolute atomic E-state index is 14.0. The lowest BCUT2D eigenvalue weighted by molar-refractivity contribution is -0.386. The van der Waals surface area contributed by atoms with Gasteiger partial charge in [-0.25, -0.2) is 17.5 Å². The lowest BCUT2D eigenvalue weighted by Gasteiger charge is -2.10. The highest BCUT2D eigenvalue weighted by Crippen LogP contribution is 2.32. The number of hydrogen-bond acceptors (Lipinski definition) is 6. The van der Waals surface area contributed by atoms with Gasteiger partial charge < -0.3 is 10.1 Å². The van der Waals surface area contributed by atoms with E-state index in [0.29, 0.717) is 12.6 Å². The molecular weight excluding hydrogens is 365 g/mol. The van der Waals surface area contributed by atoms with Crippen LogP contribution in [0.5, 0.6) is 5.75 Å². The second kappa shape index (κ2) is 6.98. The Morgan fingerprint density at radius 2 is 2.00 bits per heavy atom. The van der Waals surface area contributed by atoms with E-state index in [1.54, 1.807) is 6.07 Å². The largest absolute Gasteiger partial charge is 0.488 e. The standard InChI is InChI=1S/C16H16FN3O5S/c1-25-16-14(17)5-13(6-15(16)20(21)22)26(23,24)19-7-10-2-3-11-8-18-9-12(11)4-10/h2-6,18-19H,7-9H2,1H3. The van der Waals surface area contributed by atoms with Gasteiger partial charge in [0.1, 0.15) is 0 Å². The molecule has 0 fully saturated rings. The van der Waals surface area contributed by atoms with Crippen LogP contribution in [0.4, 0.5) is 10.1 Å². The van der Waals surface area contributed by atoms with Gasteiger partial charge in [0.05, 0.1) is 16.9 Å². The number of halogens is 1. The fraction of sp³-hybridized carbons (Fsp3) is 0.250. The number of benzene rings is 2. The summed E-state index contributed by atoms with van der Waals surface area (Å²) in [6.45, 7) is 1.47. The second-order valence-electron chi connectivity index (χ2n) is 5.75. The van der Waals surface area contributed by atoms with Gasteiger partial charge in [-0.2, -0.15) is 0 Å². The molecule has 1 heterocycles. The smallest absolute Gasteiger partial charge is 0.315 e. The number of fused-ring (bicyclic) bond motifs is 1. The van der Waals surface area contributed by atoms with Gasteiger partial charge in [0.15, 0.2) is 5.82 Å². The van der Waals surface area contributed by atoms with Crippen LogP contribution in [-0.2, 0) is 29.7 Å². The Labute approximate surface area is 149 Å². The van der Waals surface area contributed by atoms with Crippen LogP contribution in [-0.4, -0.2) is 20.5 Å². The first kappa shape index (κ1) is 18.2. The number of nitrogens with zero attached hydrogens (tertiary/aromatic N) is 1. The Morgan fingerprint density at radius 1 is 1.27 bits per heavy atom. The second-order valence-corrected chi connectivity index (χ2v) is 7.51. The summed E-state index contributed by atoms with van der Waals surface area (Å²) in [4.78, 5) is 9.61. The molecule has 1 aliphatic heterocycles. The van der Waals surface area contributed by atoms with Crippen molar-refractivity contribution in [1.29, 1.82) is 0 Å². The van der Waals surface area contributed by atoms with Gasteiger partial charge >= 0.3 is 5.69 Å². The Morgan fingerprint density at radius 3 is 2.69 bits per heavy atom. The molecule has 0 bridgehead atoms. The lowest BCUT2D eigenvalue weighted by atomic mass is 10.1. The molecule has 0 atom stereocenters. The van der Waals surface area contributed by atoms with Crippen molar-refractivity contribution in [3.05, 3.63) is 63.0 Å². The Hall–Kier alpha value is -2.56. The van der Waals surface area contributed by atoms with Crippen LogP contribution in [0, 0.1) is 15.9 Å². The first-order valence-corrected chi connectivity index (χ1v) is 9.13. The zero-order valence-electron chi connectivity index (χ0n) is 13.8. The summed E-state index contributed by atoms with van der Waals surface area (Å²) in [7, 11) is -3.07. The Balaban J connectivity index is 1.85. The van der Waals surface area contributed by atoms with E-state index in [-0.39, 0.29) is 6.54 Å². The fourth-order valence-electron chi connectivity index (χ4n) is 2.77. The minimum absolute atomic E-state index is 0.0168. The van der Waals surface area contributed by atoms with Crippen molar-refractivity contribution in [2.45, 2.75) is 24.5 Å². The number of rotatable bonds is 6. The third kappa shape index (κ3) is 3.52. The number of sulfonamides is 1. The van der Waals surface area contributed by atoms with Crippen LogP contribution in [0.15, 0.2) is 35.2 Å². The van der Waals surface area contributed by atoms with E-state index in [1.165, 1.54) is 0 Å². The van der Waals surface area contributed by atoms with Crippen LogP contribution in [0.2, 0.25) is 0 Å². The van der Waals surface area contributed by atoms with Crippen molar-refractivity contribution >= 4 is 15.7 Å². The molecule has 0 aromatic heterocycles. The molecule has 0 amide bonds. The number of nitro groups is 1. The van der Waals surface area contributed by atoms with Crippen molar-refractivity contribution in [2.24, 2.45) is 0 Å². The van der Waals surface area contributed by atoms with Crippen molar-refractivity contribution in [1.82, 2.24) is 10.0 Å². The minimum atomic E-state index is -4.14. The molecule has 26 heavy (non-hydrogen) atoms. The zero-order valence-corrected chi connectivity index (χ0v) is 14.6. The molecule has 0 radical (unpaired) electrons. The number of nitro benzene ring substituents is 1. The molecule has 0 saturated carbocycles. The number of ether oxygens (including phenoxy) is 1. The van der Waals surface area contributed by atoms with Gasteiger partial charge in [0, 0.05) is 25.7 Å². The summed E-state index contributed by atoms with van der Waals surface area (Å²) in [6, 6.07) is 7.06. The minimum Gasteiger partial charge on any atom is -0.488 e. The summed E-state index contributed by atoms with van der Waals surface area (Å²) < 4.78 is 45.8. The summed E-state index contributed by atoms with van der Waals surface area (Å²) in [5, 5.41) is 14.2. The molecule has 3 rings (SSSR count). The van der Waals surface area contributed by atoms with Gasteiger partial charge in [-0.3, -0.25) is 10.1 Å². The molecule has 2 aromatic rings. The van der Waals surface area contributed by atoms with E-state index in [2.05, 4.69) is 14.8 Å². The van der Waals surface area contributed by atoms with Gasteiger partial charge in [-0.1, -0.05) is 18.2 Å². The molecule has 0 unspecified atom stereocenters. The molecule has 10 heteroatoms. The molecule has 0 saturated heterocycles. The van der Waals surface area contributed by atoms with E-state index >= 15 is 0 Å². The Bertz CT molecular complexity index is 978. The van der Waals surface area contributed by atoms with Gasteiger partial charge in [-0.15, -0.1) is 0 Å². The van der Waals surface area contributed by atoms with Gasteiger partial charge in [-0.05, 0) is 22.8 Å². The van der Waals surface area contributed by atoms with Crippen molar-refractivity contribution in [3.63, 3.8) is 0 Å². The third-order valence-corrected chi connectivity index (χ3v) is 5.46. The molecule has 8 nitrogen and oxygen atoms in total. The molecule has 2 N–H and O–H groups in total.